The van der Waals surface area contributed by atoms with Gasteiger partial charge in [0.15, 0.2) is 5.82 Å². The van der Waals surface area contributed by atoms with Gasteiger partial charge in [0.1, 0.15) is 18.0 Å². The number of rotatable bonds is 4. The fourth-order valence-corrected chi connectivity index (χ4v) is 3.99. The molecule has 8 nitrogen and oxygen atoms in total. The first-order valence-electron chi connectivity index (χ1n) is 9.42. The number of alkyl halides is 3. The Bertz CT molecular complexity index is 1290. The van der Waals surface area contributed by atoms with E-state index < -0.39 is 36.6 Å². The van der Waals surface area contributed by atoms with Gasteiger partial charge >= 0.3 is 12.1 Å². The number of nitrogens with zero attached hydrogens (tertiary/aromatic N) is 4. The number of carbonyl (C=O) groups is 1. The second-order valence-electron chi connectivity index (χ2n) is 7.07. The van der Waals surface area contributed by atoms with Crippen LogP contribution in [0.15, 0.2) is 36.4 Å². The quantitative estimate of drug-likeness (QED) is 0.589. The van der Waals surface area contributed by atoms with E-state index in [1.807, 2.05) is 6.07 Å². The molecule has 0 fully saturated rings. The van der Waals surface area contributed by atoms with Crippen LogP contribution in [0.5, 0.6) is 5.75 Å². The van der Waals surface area contributed by atoms with E-state index in [-0.39, 0.29) is 33.4 Å². The number of ether oxygens (including phenoxy) is 2. The Balaban J connectivity index is 2.05. The van der Waals surface area contributed by atoms with Gasteiger partial charge in [0.2, 0.25) is 5.82 Å². The Hall–Kier alpha value is -3.62. The van der Waals surface area contributed by atoms with Crippen molar-refractivity contribution in [3.8, 4) is 17.5 Å². The van der Waals surface area contributed by atoms with Gasteiger partial charge in [0, 0.05) is 11.1 Å². The van der Waals surface area contributed by atoms with E-state index in [1.54, 1.807) is 18.2 Å². The number of nitriles is 1. The summed E-state index contributed by atoms with van der Waals surface area (Å²) in [5.41, 5.74) is 0.609. The number of benzene rings is 2. The highest BCUT2D eigenvalue weighted by molar-refractivity contribution is 6.32. The third-order valence-corrected chi connectivity index (χ3v) is 5.47. The molecule has 2 heterocycles. The molecule has 0 saturated heterocycles. The molecule has 33 heavy (non-hydrogen) atoms. The highest BCUT2D eigenvalue weighted by atomic mass is 35.5. The second-order valence-corrected chi connectivity index (χ2v) is 7.44. The summed E-state index contributed by atoms with van der Waals surface area (Å²) in [6, 6.07) is 10.7. The Morgan fingerprint density at radius 2 is 2.06 bits per heavy atom. The second kappa shape index (κ2) is 8.38. The molecule has 0 unspecified atom stereocenters. The van der Waals surface area contributed by atoms with Crippen molar-refractivity contribution in [1.29, 1.82) is 5.26 Å². The molecule has 1 aliphatic heterocycles. The molecule has 170 valence electrons. The molecular formula is C21H14ClF3N4O4. The maximum Gasteiger partial charge on any atom is 0.452 e. The van der Waals surface area contributed by atoms with Crippen molar-refractivity contribution in [1.82, 2.24) is 14.8 Å². The minimum atomic E-state index is -4.89. The Kier molecular flexibility index (Phi) is 5.73. The van der Waals surface area contributed by atoms with Gasteiger partial charge in [-0.05, 0) is 24.3 Å². The fraction of sp³-hybridized carbons (Fsp3) is 0.238. The average Bonchev–Trinajstić information content (AvgIpc) is 3.17. The van der Waals surface area contributed by atoms with E-state index in [0.717, 1.165) is 4.57 Å². The predicted molar refractivity (Wildman–Crippen MR) is 107 cm³/mol. The first kappa shape index (κ1) is 22.6. The lowest BCUT2D eigenvalue weighted by Gasteiger charge is -2.23. The highest BCUT2D eigenvalue weighted by Crippen LogP contribution is 2.46. The molecule has 0 amide bonds. The fourth-order valence-electron chi connectivity index (χ4n) is 3.69. The van der Waals surface area contributed by atoms with Crippen molar-refractivity contribution in [3.63, 3.8) is 0 Å². The monoisotopic (exact) mass is 478 g/mol. The maximum atomic E-state index is 13.8. The van der Waals surface area contributed by atoms with Crippen molar-refractivity contribution in [2.45, 2.75) is 24.8 Å². The van der Waals surface area contributed by atoms with E-state index >= 15 is 0 Å². The zero-order chi connectivity index (χ0) is 23.9. The smallest absolute Gasteiger partial charge is 0.452 e. The van der Waals surface area contributed by atoms with E-state index in [4.69, 9.17) is 21.1 Å². The van der Waals surface area contributed by atoms with E-state index in [0.29, 0.717) is 5.56 Å². The molecule has 12 heteroatoms. The summed E-state index contributed by atoms with van der Waals surface area (Å²) in [6.45, 7) is 0. The summed E-state index contributed by atoms with van der Waals surface area (Å²) in [6.07, 6.45) is -8.12. The summed E-state index contributed by atoms with van der Waals surface area (Å²) in [5, 5.41) is 25.8. The third-order valence-electron chi connectivity index (χ3n) is 5.07. The molecular weight excluding hydrogens is 465 g/mol. The number of aliphatic carboxylic acids is 1. The van der Waals surface area contributed by atoms with Gasteiger partial charge in [-0.15, -0.1) is 10.2 Å². The minimum absolute atomic E-state index is 0.0156. The Labute approximate surface area is 189 Å². The largest absolute Gasteiger partial charge is 0.495 e. The van der Waals surface area contributed by atoms with E-state index in [9.17, 15) is 28.3 Å². The minimum Gasteiger partial charge on any atom is -0.495 e. The number of carboxylic acids is 1. The summed E-state index contributed by atoms with van der Waals surface area (Å²) in [7, 11) is 1.39. The van der Waals surface area contributed by atoms with Crippen molar-refractivity contribution >= 4 is 17.6 Å². The lowest BCUT2D eigenvalue weighted by atomic mass is 9.97. The van der Waals surface area contributed by atoms with Crippen LogP contribution in [0.3, 0.4) is 0 Å². The topological polar surface area (TPSA) is 110 Å². The number of hydrogen-bond acceptors (Lipinski definition) is 6. The van der Waals surface area contributed by atoms with Crippen LogP contribution in [0.2, 0.25) is 5.02 Å². The van der Waals surface area contributed by atoms with Crippen LogP contribution in [0.4, 0.5) is 13.2 Å². The molecule has 1 aliphatic rings. The molecule has 0 radical (unpaired) electrons. The number of halogens is 4. The lowest BCUT2D eigenvalue weighted by Crippen LogP contribution is -2.17. The molecule has 1 N–H and O–H groups in total. The molecule has 3 aromatic rings. The number of methoxy groups -OCH3 is 1. The van der Waals surface area contributed by atoms with Crippen molar-refractivity contribution in [3.05, 3.63) is 69.8 Å². The van der Waals surface area contributed by atoms with Crippen LogP contribution in [0, 0.1) is 11.3 Å². The molecule has 0 aliphatic carbocycles. The zero-order valence-electron chi connectivity index (χ0n) is 16.8. The van der Waals surface area contributed by atoms with Crippen LogP contribution in [0.25, 0.3) is 5.69 Å². The summed E-state index contributed by atoms with van der Waals surface area (Å²) < 4.78 is 53.3. The molecule has 1 aromatic heterocycles. The number of aromatic nitrogens is 3. The SMILES string of the molecule is COc1cccc([C@@H]2O[C@@H](CC(=O)O)c3nnc(C(F)(F)F)n3-c3ccc(C#N)cc32)c1Cl. The number of carboxylic acid groups (broad SMARTS) is 1. The summed E-state index contributed by atoms with van der Waals surface area (Å²) in [4.78, 5) is 11.5. The van der Waals surface area contributed by atoms with Gasteiger partial charge in [0.05, 0.1) is 35.9 Å². The number of hydrogen-bond donors (Lipinski definition) is 1. The van der Waals surface area contributed by atoms with Gasteiger partial charge in [-0.1, -0.05) is 23.7 Å². The van der Waals surface area contributed by atoms with Crippen molar-refractivity contribution in [2.75, 3.05) is 7.11 Å². The van der Waals surface area contributed by atoms with Gasteiger partial charge < -0.3 is 14.6 Å². The molecule has 4 rings (SSSR count). The Morgan fingerprint density at radius 3 is 2.70 bits per heavy atom. The van der Waals surface area contributed by atoms with Crippen molar-refractivity contribution < 1.29 is 32.5 Å². The lowest BCUT2D eigenvalue weighted by molar-refractivity contribution is -0.146. The van der Waals surface area contributed by atoms with Crippen LogP contribution in [-0.2, 0) is 15.7 Å². The van der Waals surface area contributed by atoms with E-state index in [1.165, 1.54) is 25.3 Å². The first-order valence-corrected chi connectivity index (χ1v) is 9.80. The predicted octanol–water partition coefficient (Wildman–Crippen LogP) is 4.46. The molecule has 0 bridgehead atoms. The average molecular weight is 479 g/mol. The molecule has 0 spiro atoms. The van der Waals surface area contributed by atoms with Crippen LogP contribution in [-0.4, -0.2) is 33.0 Å². The molecule has 0 saturated carbocycles. The molecule has 2 aromatic carbocycles. The van der Waals surface area contributed by atoms with Gasteiger partial charge in [-0.3, -0.25) is 9.36 Å². The standard InChI is InChI=1S/C21H14ClF3N4O4/c1-32-14-4-2-3-11(17(14)22)18-12-7-10(9-26)5-6-13(12)29-19(15(33-18)8-16(30)31)27-28-20(29)21(23,24)25/h2-7,15,18H,8H2,1H3,(H,30,31)/t15-,18-/m0/s1. The van der Waals surface area contributed by atoms with Crippen LogP contribution in [0.1, 0.15) is 47.0 Å². The third kappa shape index (κ3) is 3.99. The van der Waals surface area contributed by atoms with Gasteiger partial charge in [-0.2, -0.15) is 18.4 Å². The maximum absolute atomic E-state index is 13.8. The molecule has 2 atom stereocenters. The summed E-state index contributed by atoms with van der Waals surface area (Å²) >= 11 is 6.48. The normalized spacial score (nSPS) is 17.5. The van der Waals surface area contributed by atoms with Gasteiger partial charge in [0.25, 0.3) is 0 Å². The summed E-state index contributed by atoms with van der Waals surface area (Å²) in [5.74, 6) is -2.72. The van der Waals surface area contributed by atoms with Crippen LogP contribution < -0.4 is 4.74 Å². The zero-order valence-corrected chi connectivity index (χ0v) is 17.6. The van der Waals surface area contributed by atoms with E-state index in [2.05, 4.69) is 10.2 Å². The van der Waals surface area contributed by atoms with Gasteiger partial charge in [-0.25, -0.2) is 0 Å². The number of fused-ring (bicyclic) bond motifs is 3. The first-order chi connectivity index (χ1) is 15.7. The van der Waals surface area contributed by atoms with Crippen molar-refractivity contribution in [2.24, 2.45) is 0 Å². The van der Waals surface area contributed by atoms with Crippen LogP contribution >= 0.6 is 11.6 Å². The Morgan fingerprint density at radius 1 is 1.30 bits per heavy atom. The highest BCUT2D eigenvalue weighted by Gasteiger charge is 2.43.